The number of hydrogen-bond donors (Lipinski definition) is 0. The van der Waals surface area contributed by atoms with E-state index in [2.05, 4.69) is 24.1 Å². The first-order chi connectivity index (χ1) is 7.74. The third kappa shape index (κ3) is 2.76. The molecule has 2 heteroatoms. The highest BCUT2D eigenvalue weighted by Gasteiger charge is 1.90. The van der Waals surface area contributed by atoms with Crippen LogP contribution in [0.3, 0.4) is 0 Å². The van der Waals surface area contributed by atoms with Crippen LogP contribution in [0.25, 0.3) is 0 Å². The maximum Gasteiger partial charge on any atom is 0.0857 e. The van der Waals surface area contributed by atoms with Gasteiger partial charge in [0.05, 0.1) is 11.4 Å². The first kappa shape index (κ1) is 10.6. The number of aryl methyl sites for hydroxylation is 2. The van der Waals surface area contributed by atoms with Gasteiger partial charge in [-0.2, -0.15) is 10.2 Å². The summed E-state index contributed by atoms with van der Waals surface area (Å²) in [5.41, 5.74) is 4.22. The molecule has 0 amide bonds. The Bertz CT molecular complexity index is 434. The summed E-state index contributed by atoms with van der Waals surface area (Å²) in [7, 11) is 0. The van der Waals surface area contributed by atoms with Crippen molar-refractivity contribution in [2.24, 2.45) is 10.2 Å². The molecule has 2 nitrogen and oxygen atoms in total. The number of hydrogen-bond acceptors (Lipinski definition) is 2. The largest absolute Gasteiger partial charge is 0.151 e. The van der Waals surface area contributed by atoms with Gasteiger partial charge in [0.25, 0.3) is 0 Å². The van der Waals surface area contributed by atoms with Crippen molar-refractivity contribution >= 4 is 11.4 Å². The van der Waals surface area contributed by atoms with Crippen LogP contribution in [0.4, 0.5) is 11.4 Å². The molecule has 0 aliphatic heterocycles. The molecule has 0 spiro atoms. The summed E-state index contributed by atoms with van der Waals surface area (Å²) in [5.74, 6) is 0. The van der Waals surface area contributed by atoms with E-state index < -0.39 is 0 Å². The molecule has 16 heavy (non-hydrogen) atoms. The number of benzene rings is 2. The second-order valence-electron chi connectivity index (χ2n) is 3.87. The van der Waals surface area contributed by atoms with Crippen LogP contribution in [0.5, 0.6) is 0 Å². The summed E-state index contributed by atoms with van der Waals surface area (Å²) in [6.45, 7) is 4.11. The van der Waals surface area contributed by atoms with Crippen molar-refractivity contribution in [2.45, 2.75) is 13.8 Å². The zero-order valence-electron chi connectivity index (χ0n) is 9.51. The summed E-state index contributed by atoms with van der Waals surface area (Å²) >= 11 is 0. The van der Waals surface area contributed by atoms with Crippen LogP contribution in [0.15, 0.2) is 58.8 Å². The second kappa shape index (κ2) is 4.71. The number of azo groups is 1. The van der Waals surface area contributed by atoms with Gasteiger partial charge in [0.15, 0.2) is 0 Å². The Morgan fingerprint density at radius 3 is 1.19 bits per heavy atom. The third-order valence-corrected chi connectivity index (χ3v) is 2.35. The maximum absolute atomic E-state index is 4.17. The Balaban J connectivity index is 2.15. The molecule has 0 unspecified atom stereocenters. The fourth-order valence-electron chi connectivity index (χ4n) is 1.34. The normalized spacial score (nSPS) is 10.9. The SMILES string of the molecule is Cc1ccc(N=Nc2ccc(C)cc2)cc1. The molecule has 0 N–H and O–H groups in total. The molecule has 0 saturated heterocycles. The van der Waals surface area contributed by atoms with Crippen molar-refractivity contribution in [3.8, 4) is 0 Å². The van der Waals surface area contributed by atoms with E-state index in [0.29, 0.717) is 0 Å². The average Bonchev–Trinajstić information content (AvgIpc) is 2.30. The molecule has 0 saturated carbocycles. The van der Waals surface area contributed by atoms with Crippen LogP contribution >= 0.6 is 0 Å². The van der Waals surface area contributed by atoms with Crippen molar-refractivity contribution in [1.82, 2.24) is 0 Å². The summed E-state index contributed by atoms with van der Waals surface area (Å²) in [5, 5.41) is 8.34. The molecule has 2 aromatic rings. The number of nitrogens with zero attached hydrogens (tertiary/aromatic N) is 2. The third-order valence-electron chi connectivity index (χ3n) is 2.35. The van der Waals surface area contributed by atoms with E-state index in [1.807, 2.05) is 48.5 Å². The highest BCUT2D eigenvalue weighted by molar-refractivity contribution is 5.41. The van der Waals surface area contributed by atoms with Gasteiger partial charge in [-0.25, -0.2) is 0 Å². The fourth-order valence-corrected chi connectivity index (χ4v) is 1.34. The minimum Gasteiger partial charge on any atom is -0.151 e. The minimum absolute atomic E-state index is 0.881. The molecule has 2 rings (SSSR count). The maximum atomic E-state index is 4.17. The standard InChI is InChI=1S/C14H14N2/c1-11-3-7-13(8-4-11)15-16-14-9-5-12(2)6-10-14/h3-10H,1-2H3. The zero-order chi connectivity index (χ0) is 11.4. The monoisotopic (exact) mass is 210 g/mol. The molecule has 0 heterocycles. The molecule has 0 aliphatic rings. The zero-order valence-corrected chi connectivity index (χ0v) is 9.51. The molecule has 0 atom stereocenters. The molecule has 0 aliphatic carbocycles. The summed E-state index contributed by atoms with van der Waals surface area (Å²) in [4.78, 5) is 0. The van der Waals surface area contributed by atoms with Crippen molar-refractivity contribution in [2.75, 3.05) is 0 Å². The average molecular weight is 210 g/mol. The van der Waals surface area contributed by atoms with E-state index in [1.165, 1.54) is 11.1 Å². The lowest BCUT2D eigenvalue weighted by Gasteiger charge is -1.95. The lowest BCUT2D eigenvalue weighted by atomic mass is 10.2. The molecule has 2 aromatic carbocycles. The first-order valence-corrected chi connectivity index (χ1v) is 5.29. The van der Waals surface area contributed by atoms with Gasteiger partial charge >= 0.3 is 0 Å². The lowest BCUT2D eigenvalue weighted by molar-refractivity contribution is 1.22. The van der Waals surface area contributed by atoms with Crippen LogP contribution in [0.2, 0.25) is 0 Å². The Hall–Kier alpha value is -1.96. The molecule has 0 radical (unpaired) electrons. The van der Waals surface area contributed by atoms with Gasteiger partial charge in [-0.05, 0) is 38.1 Å². The quantitative estimate of drug-likeness (QED) is 0.641. The van der Waals surface area contributed by atoms with E-state index in [1.54, 1.807) is 0 Å². The van der Waals surface area contributed by atoms with Gasteiger partial charge in [-0.15, -0.1) is 0 Å². The fraction of sp³-hybridized carbons (Fsp3) is 0.143. The lowest BCUT2D eigenvalue weighted by Crippen LogP contribution is -1.69. The predicted octanol–water partition coefficient (Wildman–Crippen LogP) is 4.72. The Labute approximate surface area is 95.7 Å². The summed E-state index contributed by atoms with van der Waals surface area (Å²) < 4.78 is 0. The smallest absolute Gasteiger partial charge is 0.0857 e. The van der Waals surface area contributed by atoms with Crippen LogP contribution in [-0.2, 0) is 0 Å². The van der Waals surface area contributed by atoms with Crippen LogP contribution < -0.4 is 0 Å². The second-order valence-corrected chi connectivity index (χ2v) is 3.87. The molecular weight excluding hydrogens is 196 g/mol. The van der Waals surface area contributed by atoms with Crippen LogP contribution in [0, 0.1) is 13.8 Å². The van der Waals surface area contributed by atoms with E-state index in [9.17, 15) is 0 Å². The molecule has 0 fully saturated rings. The van der Waals surface area contributed by atoms with Crippen molar-refractivity contribution in [1.29, 1.82) is 0 Å². The molecule has 0 aromatic heterocycles. The van der Waals surface area contributed by atoms with E-state index in [0.717, 1.165) is 11.4 Å². The Kier molecular flexibility index (Phi) is 3.10. The number of rotatable bonds is 2. The highest BCUT2D eigenvalue weighted by atomic mass is 15.1. The van der Waals surface area contributed by atoms with E-state index >= 15 is 0 Å². The Morgan fingerprint density at radius 2 is 0.875 bits per heavy atom. The molecular formula is C14H14N2. The van der Waals surface area contributed by atoms with Gasteiger partial charge in [-0.1, -0.05) is 35.4 Å². The molecule has 80 valence electrons. The van der Waals surface area contributed by atoms with Gasteiger partial charge in [-0.3, -0.25) is 0 Å². The van der Waals surface area contributed by atoms with Crippen molar-refractivity contribution < 1.29 is 0 Å². The summed E-state index contributed by atoms with van der Waals surface area (Å²) in [6, 6.07) is 16.0. The van der Waals surface area contributed by atoms with Crippen molar-refractivity contribution in [3.63, 3.8) is 0 Å². The van der Waals surface area contributed by atoms with Gasteiger partial charge in [0, 0.05) is 0 Å². The van der Waals surface area contributed by atoms with Crippen molar-refractivity contribution in [3.05, 3.63) is 59.7 Å². The van der Waals surface area contributed by atoms with Gasteiger partial charge in [0.1, 0.15) is 0 Å². The Morgan fingerprint density at radius 1 is 0.562 bits per heavy atom. The van der Waals surface area contributed by atoms with Crippen LogP contribution in [0.1, 0.15) is 11.1 Å². The first-order valence-electron chi connectivity index (χ1n) is 5.29. The van der Waals surface area contributed by atoms with E-state index in [-0.39, 0.29) is 0 Å². The topological polar surface area (TPSA) is 24.7 Å². The van der Waals surface area contributed by atoms with Gasteiger partial charge < -0.3 is 0 Å². The van der Waals surface area contributed by atoms with Gasteiger partial charge in [0.2, 0.25) is 0 Å². The summed E-state index contributed by atoms with van der Waals surface area (Å²) in [6.07, 6.45) is 0. The molecule has 0 bridgehead atoms. The van der Waals surface area contributed by atoms with Crippen LogP contribution in [-0.4, -0.2) is 0 Å². The van der Waals surface area contributed by atoms with E-state index in [4.69, 9.17) is 0 Å². The highest BCUT2D eigenvalue weighted by Crippen LogP contribution is 2.18. The predicted molar refractivity (Wildman–Crippen MR) is 66.5 cm³/mol. The minimum atomic E-state index is 0.881.